The van der Waals surface area contributed by atoms with Crippen molar-refractivity contribution >= 4 is 17.9 Å². The van der Waals surface area contributed by atoms with Crippen molar-refractivity contribution in [2.24, 2.45) is 0 Å². The Balaban J connectivity index is 6.01. The van der Waals surface area contributed by atoms with Crippen LogP contribution in [0.5, 0.6) is 0 Å². The van der Waals surface area contributed by atoms with Gasteiger partial charge in [0, 0.05) is 19.3 Å². The average molecular weight is 456 g/mol. The monoisotopic (exact) mass is 456 g/mol. The van der Waals surface area contributed by atoms with E-state index in [0.29, 0.717) is 0 Å². The molecule has 0 fully saturated rings. The van der Waals surface area contributed by atoms with Crippen molar-refractivity contribution in [1.82, 2.24) is 0 Å². The first-order valence-electron chi connectivity index (χ1n) is 9.43. The van der Waals surface area contributed by atoms with Crippen LogP contribution in [0.1, 0.15) is 40.0 Å². The van der Waals surface area contributed by atoms with Crippen LogP contribution < -0.4 is 0 Å². The number of hydrogen-bond acceptors (Lipinski definition) is 10. The van der Waals surface area contributed by atoms with Gasteiger partial charge in [-0.2, -0.15) is 0 Å². The fraction of sp³-hybridized carbons (Fsp3) is 0.833. The lowest BCUT2D eigenvalue weighted by Crippen LogP contribution is -2.60. The lowest BCUT2D eigenvalue weighted by molar-refractivity contribution is -0.225. The number of aliphatic hydroxyl groups excluding tert-OH is 4. The topological polar surface area (TPSA) is 232 Å². The van der Waals surface area contributed by atoms with Gasteiger partial charge < -0.3 is 50.3 Å². The van der Waals surface area contributed by atoms with Gasteiger partial charge in [-0.3, -0.25) is 0 Å². The summed E-state index contributed by atoms with van der Waals surface area (Å²) in [6.07, 6.45) is -11.0. The summed E-state index contributed by atoms with van der Waals surface area (Å²) in [6.45, 7) is 3.61. The van der Waals surface area contributed by atoms with E-state index >= 15 is 0 Å². The van der Waals surface area contributed by atoms with Crippen LogP contribution in [0.25, 0.3) is 0 Å². The number of carbonyl (C=O) groups is 3. The van der Waals surface area contributed by atoms with Crippen molar-refractivity contribution < 1.29 is 64.7 Å². The number of ether oxygens (including phenoxy) is 2. The first kappa shape index (κ1) is 29.1. The van der Waals surface area contributed by atoms with Crippen LogP contribution in [-0.4, -0.2) is 114 Å². The molecule has 0 heterocycles. The van der Waals surface area contributed by atoms with Gasteiger partial charge in [-0.1, -0.05) is 0 Å². The summed E-state index contributed by atoms with van der Waals surface area (Å²) in [5.41, 5.74) is -4.76. The second kappa shape index (κ2) is 12.2. The van der Waals surface area contributed by atoms with Gasteiger partial charge in [0.25, 0.3) is 0 Å². The SMILES string of the molecule is CC(O)COC(C)COC(C)(CC(O)C(=O)O)C(O)(CC(O)C(=O)O)CC(O)C(=O)O. The minimum atomic E-state index is -2.61. The van der Waals surface area contributed by atoms with Gasteiger partial charge in [-0.25, -0.2) is 14.4 Å². The Bertz CT molecular complexity index is 585. The number of carboxylic acids is 3. The maximum absolute atomic E-state index is 11.2. The van der Waals surface area contributed by atoms with Crippen molar-refractivity contribution in [3.63, 3.8) is 0 Å². The van der Waals surface area contributed by atoms with Gasteiger partial charge >= 0.3 is 17.9 Å². The van der Waals surface area contributed by atoms with E-state index in [2.05, 4.69) is 0 Å². The lowest BCUT2D eigenvalue weighted by Gasteiger charge is -2.46. The summed E-state index contributed by atoms with van der Waals surface area (Å²) in [6, 6.07) is 0. The molecule has 0 bridgehead atoms. The molecule has 13 heteroatoms. The molecular weight excluding hydrogens is 424 g/mol. The fourth-order valence-electron chi connectivity index (χ4n) is 2.82. The van der Waals surface area contributed by atoms with Crippen LogP contribution >= 0.6 is 0 Å². The lowest BCUT2D eigenvalue weighted by atomic mass is 9.73. The highest BCUT2D eigenvalue weighted by Crippen LogP contribution is 2.39. The van der Waals surface area contributed by atoms with E-state index in [1.54, 1.807) is 0 Å². The van der Waals surface area contributed by atoms with Crippen molar-refractivity contribution in [2.75, 3.05) is 13.2 Å². The maximum atomic E-state index is 11.2. The second-order valence-electron chi connectivity index (χ2n) is 7.74. The Morgan fingerprint density at radius 3 is 1.52 bits per heavy atom. The maximum Gasteiger partial charge on any atom is 0.332 e. The van der Waals surface area contributed by atoms with E-state index in [-0.39, 0.29) is 13.2 Å². The zero-order chi connectivity index (χ0) is 24.6. The third-order valence-corrected chi connectivity index (χ3v) is 4.74. The van der Waals surface area contributed by atoms with Gasteiger partial charge in [0.15, 0.2) is 18.3 Å². The molecule has 31 heavy (non-hydrogen) atoms. The molecule has 0 aromatic carbocycles. The van der Waals surface area contributed by atoms with Crippen LogP contribution in [0.4, 0.5) is 0 Å². The number of aliphatic carboxylic acids is 3. The van der Waals surface area contributed by atoms with Gasteiger partial charge in [-0.05, 0) is 20.8 Å². The van der Waals surface area contributed by atoms with E-state index in [9.17, 15) is 39.9 Å². The molecule has 0 saturated heterocycles. The molecule has 13 nitrogen and oxygen atoms in total. The van der Waals surface area contributed by atoms with Gasteiger partial charge in [0.2, 0.25) is 0 Å². The Kier molecular flexibility index (Phi) is 11.5. The minimum Gasteiger partial charge on any atom is -0.479 e. The van der Waals surface area contributed by atoms with Crippen LogP contribution in [0.15, 0.2) is 0 Å². The largest absolute Gasteiger partial charge is 0.479 e. The van der Waals surface area contributed by atoms with E-state index < -0.39 is 78.9 Å². The highest BCUT2D eigenvalue weighted by atomic mass is 16.6. The molecule has 0 saturated carbocycles. The number of carboxylic acid groups (broad SMARTS) is 3. The predicted octanol–water partition coefficient (Wildman–Crippen LogP) is -2.21. The van der Waals surface area contributed by atoms with Crippen LogP contribution in [0.2, 0.25) is 0 Å². The summed E-state index contributed by atoms with van der Waals surface area (Å²) in [4.78, 5) is 33.4. The molecule has 8 N–H and O–H groups in total. The summed E-state index contributed by atoms with van der Waals surface area (Å²) < 4.78 is 10.9. The standard InChI is InChI=1S/C18H32O13/c1-9(19)7-30-10(2)8-31-17(3,4-11(20)14(23)24)18(29,5-12(21)15(25)26)6-13(22)16(27)28/h9-13,19-22,29H,4-8H2,1-3H3,(H,23,24)(H,25,26)(H,27,28). The molecule has 0 spiro atoms. The summed E-state index contributed by atoms with van der Waals surface area (Å²) in [5.74, 6) is -5.23. The Morgan fingerprint density at radius 1 is 0.774 bits per heavy atom. The normalized spacial score (nSPS) is 20.5. The highest BCUT2D eigenvalue weighted by Gasteiger charge is 2.53. The molecule has 0 aromatic rings. The Morgan fingerprint density at radius 2 is 1.16 bits per heavy atom. The number of rotatable bonds is 16. The average Bonchev–Trinajstić information content (AvgIpc) is 2.63. The summed E-state index contributed by atoms with van der Waals surface area (Å²) in [5, 5.41) is 76.9. The number of hydrogen-bond donors (Lipinski definition) is 8. The second-order valence-corrected chi connectivity index (χ2v) is 7.74. The van der Waals surface area contributed by atoms with Crippen LogP contribution in [-0.2, 0) is 23.9 Å². The molecule has 0 aliphatic rings. The third-order valence-electron chi connectivity index (χ3n) is 4.74. The van der Waals surface area contributed by atoms with E-state index in [4.69, 9.17) is 24.8 Å². The molecule has 6 atom stereocenters. The first-order chi connectivity index (χ1) is 14.0. The first-order valence-corrected chi connectivity index (χ1v) is 9.43. The molecule has 0 radical (unpaired) electrons. The van der Waals surface area contributed by atoms with Crippen molar-refractivity contribution in [1.29, 1.82) is 0 Å². The molecular formula is C18H32O13. The molecule has 182 valence electrons. The highest BCUT2D eigenvalue weighted by molar-refractivity contribution is 5.73. The zero-order valence-corrected chi connectivity index (χ0v) is 17.5. The molecule has 0 aliphatic heterocycles. The molecule has 0 aromatic heterocycles. The summed E-state index contributed by atoms with van der Waals surface area (Å²) in [7, 11) is 0. The van der Waals surface area contributed by atoms with Crippen molar-refractivity contribution in [2.45, 2.75) is 81.8 Å². The Labute approximate surface area is 178 Å². The minimum absolute atomic E-state index is 0.0846. The predicted molar refractivity (Wildman–Crippen MR) is 101 cm³/mol. The van der Waals surface area contributed by atoms with Gasteiger partial charge in [0.1, 0.15) is 0 Å². The Hall–Kier alpha value is -1.87. The number of aliphatic hydroxyl groups is 5. The third kappa shape index (κ3) is 9.43. The summed E-state index contributed by atoms with van der Waals surface area (Å²) >= 11 is 0. The van der Waals surface area contributed by atoms with E-state index in [1.807, 2.05) is 0 Å². The molecule has 0 rings (SSSR count). The molecule has 0 amide bonds. The fourth-order valence-corrected chi connectivity index (χ4v) is 2.82. The van der Waals surface area contributed by atoms with E-state index in [0.717, 1.165) is 6.92 Å². The molecule has 6 unspecified atom stereocenters. The van der Waals surface area contributed by atoms with Crippen LogP contribution in [0.3, 0.4) is 0 Å². The van der Waals surface area contributed by atoms with Crippen molar-refractivity contribution in [3.05, 3.63) is 0 Å². The zero-order valence-electron chi connectivity index (χ0n) is 17.5. The quantitative estimate of drug-likeness (QED) is 0.123. The van der Waals surface area contributed by atoms with E-state index in [1.165, 1.54) is 13.8 Å². The molecule has 0 aliphatic carbocycles. The smallest absolute Gasteiger partial charge is 0.332 e. The van der Waals surface area contributed by atoms with Crippen molar-refractivity contribution in [3.8, 4) is 0 Å². The van der Waals surface area contributed by atoms with Gasteiger partial charge in [0.05, 0.1) is 36.6 Å². The van der Waals surface area contributed by atoms with Gasteiger partial charge in [-0.15, -0.1) is 0 Å². The van der Waals surface area contributed by atoms with Crippen LogP contribution in [0, 0.1) is 0 Å².